The van der Waals surface area contributed by atoms with E-state index in [4.69, 9.17) is 5.41 Å². The Hall–Kier alpha value is -4.02. The van der Waals surface area contributed by atoms with Crippen molar-refractivity contribution in [2.75, 3.05) is 18.4 Å². The topological polar surface area (TPSA) is 103 Å². The number of carbonyl (C=O) groups is 1. The van der Waals surface area contributed by atoms with Gasteiger partial charge in [0, 0.05) is 36.9 Å². The zero-order chi connectivity index (χ0) is 27.8. The standard InChI is InChI=1S/C29H26F2N4O3S/c1-19-5-10-24(15-25(19)31)39(37,38)35-13-11-21-14-27(34-23-8-6-22(30)7-9-23)20(17-32)16-29(21,18-35)28(36)26-4-2-3-12-33-26/h2-10,12,14-15,17,32,34H,11,13,16,18H2,1H3. The zero-order valence-electron chi connectivity index (χ0n) is 21.1. The number of pyridine rings is 1. The monoisotopic (exact) mass is 548 g/mol. The van der Waals surface area contributed by atoms with Gasteiger partial charge in [-0.15, -0.1) is 0 Å². The Labute approximate surface area is 225 Å². The molecule has 2 heterocycles. The van der Waals surface area contributed by atoms with Crippen LogP contribution in [-0.4, -0.2) is 42.8 Å². The van der Waals surface area contributed by atoms with Crippen molar-refractivity contribution in [3.05, 3.63) is 113 Å². The van der Waals surface area contributed by atoms with E-state index in [0.717, 1.165) is 12.3 Å². The third-order valence-electron chi connectivity index (χ3n) is 7.26. The fraction of sp³-hybridized carbons (Fsp3) is 0.207. The number of ketones is 1. The van der Waals surface area contributed by atoms with Crippen LogP contribution < -0.4 is 5.32 Å². The molecule has 5 rings (SSSR count). The highest BCUT2D eigenvalue weighted by Crippen LogP contribution is 2.47. The van der Waals surface area contributed by atoms with E-state index in [1.807, 2.05) is 0 Å². The molecule has 1 unspecified atom stereocenters. The molecule has 2 aliphatic rings. The molecule has 0 amide bonds. The summed E-state index contributed by atoms with van der Waals surface area (Å²) in [6.07, 6.45) is 4.71. The molecule has 1 saturated heterocycles. The molecule has 39 heavy (non-hydrogen) atoms. The minimum Gasteiger partial charge on any atom is -0.355 e. The maximum Gasteiger partial charge on any atom is 0.243 e. The fourth-order valence-corrected chi connectivity index (χ4v) is 6.61. The summed E-state index contributed by atoms with van der Waals surface area (Å²) >= 11 is 0. The summed E-state index contributed by atoms with van der Waals surface area (Å²) in [5.41, 5.74) is 1.56. The van der Waals surface area contributed by atoms with Crippen LogP contribution in [0.5, 0.6) is 0 Å². The van der Waals surface area contributed by atoms with Crippen LogP contribution in [0.1, 0.15) is 28.9 Å². The van der Waals surface area contributed by atoms with E-state index in [2.05, 4.69) is 10.3 Å². The van der Waals surface area contributed by atoms with Gasteiger partial charge in [-0.3, -0.25) is 9.78 Å². The number of halogens is 2. The summed E-state index contributed by atoms with van der Waals surface area (Å²) < 4.78 is 56.2. The Bertz CT molecular complexity index is 1620. The van der Waals surface area contributed by atoms with Crippen LogP contribution in [0.2, 0.25) is 0 Å². The maximum absolute atomic E-state index is 14.3. The molecular formula is C29H26F2N4O3S. The quantitative estimate of drug-likeness (QED) is 0.309. The Morgan fingerprint density at radius 3 is 2.56 bits per heavy atom. The number of hydrogen-bond donors (Lipinski definition) is 2. The number of nitrogens with one attached hydrogen (secondary N) is 2. The van der Waals surface area contributed by atoms with Crippen LogP contribution in [0, 0.1) is 29.4 Å². The Morgan fingerprint density at radius 2 is 1.90 bits per heavy atom. The van der Waals surface area contributed by atoms with Gasteiger partial charge in [-0.2, -0.15) is 4.31 Å². The SMILES string of the molecule is Cc1ccc(S(=O)(=O)N2CCC3=CC(Nc4ccc(F)cc4)=C(C=N)CC3(C(=O)c3ccccn3)C2)cc1F. The minimum absolute atomic E-state index is 0.0511. The lowest BCUT2D eigenvalue weighted by Crippen LogP contribution is -2.52. The van der Waals surface area contributed by atoms with E-state index in [1.165, 1.54) is 34.8 Å². The average Bonchev–Trinajstić information content (AvgIpc) is 2.95. The van der Waals surface area contributed by atoms with Gasteiger partial charge in [0.2, 0.25) is 10.0 Å². The average molecular weight is 549 g/mol. The molecule has 1 fully saturated rings. The summed E-state index contributed by atoms with van der Waals surface area (Å²) in [5.74, 6) is -1.37. The number of hydrogen-bond acceptors (Lipinski definition) is 6. The second-order valence-electron chi connectivity index (χ2n) is 9.69. The first kappa shape index (κ1) is 26.6. The number of anilines is 1. The molecule has 0 saturated carbocycles. The number of fused-ring (bicyclic) bond motifs is 1. The molecule has 200 valence electrons. The number of piperidine rings is 1. The molecule has 2 N–H and O–H groups in total. The van der Waals surface area contributed by atoms with E-state index in [1.54, 1.807) is 43.3 Å². The molecule has 1 aromatic heterocycles. The van der Waals surface area contributed by atoms with Gasteiger partial charge in [-0.1, -0.05) is 17.7 Å². The van der Waals surface area contributed by atoms with E-state index in [0.29, 0.717) is 28.1 Å². The number of nitrogens with zero attached hydrogens (tertiary/aromatic N) is 2. The highest BCUT2D eigenvalue weighted by Gasteiger charge is 2.51. The van der Waals surface area contributed by atoms with E-state index >= 15 is 0 Å². The van der Waals surface area contributed by atoms with Gasteiger partial charge in [-0.25, -0.2) is 17.2 Å². The van der Waals surface area contributed by atoms with Crippen LogP contribution in [0.25, 0.3) is 0 Å². The van der Waals surface area contributed by atoms with Gasteiger partial charge in [0.15, 0.2) is 5.78 Å². The third-order valence-corrected chi connectivity index (χ3v) is 9.10. The van der Waals surface area contributed by atoms with Gasteiger partial charge < -0.3 is 10.7 Å². The van der Waals surface area contributed by atoms with Gasteiger partial charge in [0.1, 0.15) is 17.3 Å². The number of allylic oxidation sites excluding steroid dienone is 2. The van der Waals surface area contributed by atoms with Crippen molar-refractivity contribution >= 4 is 27.7 Å². The summed E-state index contributed by atoms with van der Waals surface area (Å²) in [5, 5.41) is 11.3. The van der Waals surface area contributed by atoms with Gasteiger partial charge in [0.05, 0.1) is 10.3 Å². The second-order valence-corrected chi connectivity index (χ2v) is 11.6. The largest absolute Gasteiger partial charge is 0.355 e. The van der Waals surface area contributed by atoms with E-state index < -0.39 is 21.3 Å². The van der Waals surface area contributed by atoms with E-state index in [9.17, 15) is 22.0 Å². The summed E-state index contributed by atoms with van der Waals surface area (Å²) in [4.78, 5) is 18.1. The van der Waals surface area contributed by atoms with Crippen molar-refractivity contribution < 1.29 is 22.0 Å². The predicted molar refractivity (Wildman–Crippen MR) is 144 cm³/mol. The lowest BCUT2D eigenvalue weighted by atomic mass is 9.65. The number of carbonyl (C=O) groups excluding carboxylic acids is 1. The maximum atomic E-state index is 14.3. The number of aryl methyl sites for hydroxylation is 1. The Balaban J connectivity index is 1.57. The molecular weight excluding hydrogens is 522 g/mol. The minimum atomic E-state index is -4.13. The summed E-state index contributed by atoms with van der Waals surface area (Å²) in [7, 11) is -4.13. The Kier molecular flexibility index (Phi) is 7.00. The van der Waals surface area contributed by atoms with Crippen LogP contribution in [0.15, 0.2) is 94.7 Å². The molecule has 7 nitrogen and oxygen atoms in total. The van der Waals surface area contributed by atoms with Crippen molar-refractivity contribution in [1.29, 1.82) is 5.41 Å². The molecule has 0 spiro atoms. The van der Waals surface area contributed by atoms with Crippen molar-refractivity contribution in [2.24, 2.45) is 5.41 Å². The smallest absolute Gasteiger partial charge is 0.243 e. The third kappa shape index (κ3) is 4.93. The lowest BCUT2D eigenvalue weighted by molar-refractivity contribution is 0.0770. The van der Waals surface area contributed by atoms with Crippen molar-refractivity contribution in [3.8, 4) is 0 Å². The second kappa shape index (κ2) is 10.3. The molecule has 1 atom stereocenters. The van der Waals surface area contributed by atoms with Gasteiger partial charge >= 0.3 is 0 Å². The van der Waals surface area contributed by atoms with Crippen molar-refractivity contribution in [2.45, 2.75) is 24.7 Å². The first-order chi connectivity index (χ1) is 18.6. The first-order valence-electron chi connectivity index (χ1n) is 12.3. The summed E-state index contributed by atoms with van der Waals surface area (Å²) in [6, 6.07) is 14.5. The van der Waals surface area contributed by atoms with Crippen LogP contribution in [0.4, 0.5) is 14.5 Å². The number of rotatable bonds is 7. The molecule has 1 aliphatic carbocycles. The Morgan fingerprint density at radius 1 is 1.13 bits per heavy atom. The number of Topliss-reactive ketones (excluding diaryl/α,β-unsaturated/α-hetero) is 1. The molecule has 3 aromatic rings. The normalized spacial score (nSPS) is 19.7. The molecule has 10 heteroatoms. The number of aromatic nitrogens is 1. The van der Waals surface area contributed by atoms with Crippen molar-refractivity contribution in [3.63, 3.8) is 0 Å². The highest BCUT2D eigenvalue weighted by atomic mass is 32.2. The van der Waals surface area contributed by atoms with E-state index in [-0.39, 0.29) is 48.1 Å². The molecule has 2 aromatic carbocycles. The van der Waals surface area contributed by atoms with Gasteiger partial charge in [-0.05, 0) is 85.5 Å². The molecule has 0 radical (unpaired) electrons. The highest BCUT2D eigenvalue weighted by molar-refractivity contribution is 7.89. The summed E-state index contributed by atoms with van der Waals surface area (Å²) in [6.45, 7) is 1.45. The molecule has 1 aliphatic heterocycles. The lowest BCUT2D eigenvalue weighted by Gasteiger charge is -2.45. The fourth-order valence-electron chi connectivity index (χ4n) is 5.10. The number of benzene rings is 2. The molecule has 0 bridgehead atoms. The van der Waals surface area contributed by atoms with Crippen LogP contribution >= 0.6 is 0 Å². The van der Waals surface area contributed by atoms with Crippen LogP contribution in [-0.2, 0) is 10.0 Å². The van der Waals surface area contributed by atoms with Crippen molar-refractivity contribution in [1.82, 2.24) is 9.29 Å². The van der Waals surface area contributed by atoms with Crippen LogP contribution in [0.3, 0.4) is 0 Å². The predicted octanol–water partition coefficient (Wildman–Crippen LogP) is 5.28. The van der Waals surface area contributed by atoms with Gasteiger partial charge in [0.25, 0.3) is 0 Å². The zero-order valence-corrected chi connectivity index (χ0v) is 21.9. The number of sulfonamides is 1. The first-order valence-corrected chi connectivity index (χ1v) is 13.8.